The molecule has 1 aromatic rings. The summed E-state index contributed by atoms with van der Waals surface area (Å²) in [5, 5.41) is 0. The predicted molar refractivity (Wildman–Crippen MR) is 75.5 cm³/mol. The minimum atomic E-state index is -0.474. The summed E-state index contributed by atoms with van der Waals surface area (Å²) in [6, 6.07) is 6.06. The largest absolute Gasteiger partial charge is 0.392 e. The van der Waals surface area contributed by atoms with Crippen molar-refractivity contribution >= 4 is 23.1 Å². The maximum absolute atomic E-state index is 13.6. The first kappa shape index (κ1) is 13.9. The second kappa shape index (κ2) is 6.08. The molecule has 1 aliphatic heterocycles. The van der Waals surface area contributed by atoms with E-state index in [0.717, 1.165) is 0 Å². The molecular weight excluding hydrogens is 265 g/mol. The first-order valence-corrected chi connectivity index (χ1v) is 6.53. The minimum absolute atomic E-state index is 0.130. The molecule has 4 nitrogen and oxygen atoms in total. The van der Waals surface area contributed by atoms with Crippen molar-refractivity contribution in [3.63, 3.8) is 0 Å². The molecule has 0 aromatic heterocycles. The third-order valence-corrected chi connectivity index (χ3v) is 3.27. The third-order valence-electron chi connectivity index (χ3n) is 3.14. The summed E-state index contributed by atoms with van der Waals surface area (Å²) >= 11 is 4.86. The molecule has 1 amide bonds. The second-order valence-electron chi connectivity index (χ2n) is 4.51. The fourth-order valence-corrected chi connectivity index (χ4v) is 2.32. The molecule has 1 saturated heterocycles. The number of halogens is 1. The van der Waals surface area contributed by atoms with Crippen molar-refractivity contribution in [2.75, 3.05) is 32.7 Å². The van der Waals surface area contributed by atoms with Crippen LogP contribution in [0, 0.1) is 5.82 Å². The van der Waals surface area contributed by atoms with Crippen LogP contribution < -0.4 is 5.73 Å². The lowest BCUT2D eigenvalue weighted by Crippen LogP contribution is -2.50. The highest BCUT2D eigenvalue weighted by molar-refractivity contribution is 7.80. The van der Waals surface area contributed by atoms with Crippen molar-refractivity contribution in [2.45, 2.75) is 0 Å². The van der Waals surface area contributed by atoms with Gasteiger partial charge in [-0.1, -0.05) is 24.4 Å². The number of thiocarbonyl (C=S) groups is 1. The van der Waals surface area contributed by atoms with Gasteiger partial charge in [-0.25, -0.2) is 4.39 Å². The predicted octanol–water partition coefficient (Wildman–Crippen LogP) is 0.870. The maximum atomic E-state index is 13.6. The Bertz CT molecular complexity index is 487. The summed E-state index contributed by atoms with van der Waals surface area (Å²) in [6.45, 7) is 3.11. The lowest BCUT2D eigenvalue weighted by Gasteiger charge is -2.34. The first-order valence-electron chi connectivity index (χ1n) is 6.12. The van der Waals surface area contributed by atoms with E-state index in [4.69, 9.17) is 18.0 Å². The van der Waals surface area contributed by atoms with Gasteiger partial charge in [-0.05, 0) is 12.1 Å². The van der Waals surface area contributed by atoms with E-state index in [9.17, 15) is 9.18 Å². The smallest absolute Gasteiger partial charge is 0.256 e. The van der Waals surface area contributed by atoms with Gasteiger partial charge in [0.1, 0.15) is 5.82 Å². The van der Waals surface area contributed by atoms with E-state index < -0.39 is 5.82 Å². The highest BCUT2D eigenvalue weighted by atomic mass is 32.1. The zero-order chi connectivity index (χ0) is 13.8. The monoisotopic (exact) mass is 281 g/mol. The van der Waals surface area contributed by atoms with Gasteiger partial charge in [-0.3, -0.25) is 9.69 Å². The molecule has 1 heterocycles. The van der Waals surface area contributed by atoms with Gasteiger partial charge in [-0.15, -0.1) is 0 Å². The van der Waals surface area contributed by atoms with E-state index in [1.54, 1.807) is 17.0 Å². The Labute approximate surface area is 117 Å². The summed E-state index contributed by atoms with van der Waals surface area (Å²) in [4.78, 5) is 16.4. The van der Waals surface area contributed by atoms with Crippen molar-refractivity contribution in [3.8, 4) is 0 Å². The zero-order valence-electron chi connectivity index (χ0n) is 10.5. The Kier molecular flexibility index (Phi) is 4.44. The number of benzene rings is 1. The van der Waals surface area contributed by atoms with Crippen LogP contribution in [0.3, 0.4) is 0 Å². The topological polar surface area (TPSA) is 49.6 Å². The molecule has 0 atom stereocenters. The quantitative estimate of drug-likeness (QED) is 0.835. The van der Waals surface area contributed by atoms with Gasteiger partial charge in [0.25, 0.3) is 5.91 Å². The molecule has 0 spiro atoms. The minimum Gasteiger partial charge on any atom is -0.392 e. The molecule has 19 heavy (non-hydrogen) atoms. The highest BCUT2D eigenvalue weighted by Gasteiger charge is 2.23. The number of hydrogen-bond donors (Lipinski definition) is 1. The maximum Gasteiger partial charge on any atom is 0.256 e. The van der Waals surface area contributed by atoms with Gasteiger partial charge in [0, 0.05) is 32.7 Å². The molecule has 1 fully saturated rings. The zero-order valence-corrected chi connectivity index (χ0v) is 11.3. The Morgan fingerprint density at radius 1 is 1.26 bits per heavy atom. The molecule has 2 N–H and O–H groups in total. The Morgan fingerprint density at radius 3 is 2.47 bits per heavy atom. The molecule has 0 unspecified atom stereocenters. The summed E-state index contributed by atoms with van der Waals surface area (Å²) in [7, 11) is 0. The van der Waals surface area contributed by atoms with Gasteiger partial charge in [0.15, 0.2) is 0 Å². The molecule has 1 aliphatic rings. The SMILES string of the molecule is NC(=S)CN1CCN(C(=O)c2ccccc2F)CC1. The number of piperazine rings is 1. The molecule has 0 bridgehead atoms. The average molecular weight is 281 g/mol. The lowest BCUT2D eigenvalue weighted by molar-refractivity contribution is 0.0650. The molecule has 0 radical (unpaired) electrons. The van der Waals surface area contributed by atoms with Crippen LogP contribution in [0.25, 0.3) is 0 Å². The van der Waals surface area contributed by atoms with Gasteiger partial charge < -0.3 is 10.6 Å². The number of nitrogens with two attached hydrogens (primary N) is 1. The van der Waals surface area contributed by atoms with E-state index in [1.807, 2.05) is 0 Å². The number of carbonyl (C=O) groups is 1. The number of hydrogen-bond acceptors (Lipinski definition) is 3. The molecule has 1 aromatic carbocycles. The molecule has 6 heteroatoms. The van der Waals surface area contributed by atoms with Crippen LogP contribution in [-0.2, 0) is 0 Å². The van der Waals surface area contributed by atoms with E-state index in [2.05, 4.69) is 4.90 Å². The summed E-state index contributed by atoms with van der Waals surface area (Å²) < 4.78 is 13.6. The van der Waals surface area contributed by atoms with Gasteiger partial charge in [0.2, 0.25) is 0 Å². The number of rotatable bonds is 3. The Hall–Kier alpha value is -1.53. The average Bonchev–Trinajstić information content (AvgIpc) is 2.39. The van der Waals surface area contributed by atoms with Crippen molar-refractivity contribution in [3.05, 3.63) is 35.6 Å². The van der Waals surface area contributed by atoms with Crippen LogP contribution in [0.15, 0.2) is 24.3 Å². The molecule has 0 saturated carbocycles. The first-order chi connectivity index (χ1) is 9.08. The van der Waals surface area contributed by atoms with Gasteiger partial charge >= 0.3 is 0 Å². The molecule has 102 valence electrons. The van der Waals surface area contributed by atoms with E-state index in [0.29, 0.717) is 37.7 Å². The normalized spacial score (nSPS) is 16.4. The van der Waals surface area contributed by atoms with Crippen LogP contribution in [0.1, 0.15) is 10.4 Å². The number of carbonyl (C=O) groups excluding carboxylic acids is 1. The fraction of sp³-hybridized carbons (Fsp3) is 0.385. The fourth-order valence-electron chi connectivity index (χ4n) is 2.13. The summed E-state index contributed by atoms with van der Waals surface area (Å²) in [5.74, 6) is -0.730. The van der Waals surface area contributed by atoms with E-state index >= 15 is 0 Å². The van der Waals surface area contributed by atoms with Crippen molar-refractivity contribution in [1.29, 1.82) is 0 Å². The highest BCUT2D eigenvalue weighted by Crippen LogP contribution is 2.12. The molecule has 2 rings (SSSR count). The standard InChI is InChI=1S/C13H16FN3OS/c14-11-4-2-1-3-10(11)13(18)17-7-5-16(6-8-17)9-12(15)19/h1-4H,5-9H2,(H2,15,19). The van der Waals surface area contributed by atoms with E-state index in [-0.39, 0.29) is 11.5 Å². The van der Waals surface area contributed by atoms with E-state index in [1.165, 1.54) is 12.1 Å². The molecular formula is C13H16FN3OS. The molecule has 0 aliphatic carbocycles. The summed E-state index contributed by atoms with van der Waals surface area (Å²) in [6.07, 6.45) is 0. The van der Waals surface area contributed by atoms with Crippen LogP contribution in [-0.4, -0.2) is 53.4 Å². The van der Waals surface area contributed by atoms with Gasteiger partial charge in [0.05, 0.1) is 10.6 Å². The van der Waals surface area contributed by atoms with Crippen molar-refractivity contribution in [1.82, 2.24) is 9.80 Å². The lowest BCUT2D eigenvalue weighted by atomic mass is 10.1. The summed E-state index contributed by atoms with van der Waals surface area (Å²) in [5.41, 5.74) is 5.62. The van der Waals surface area contributed by atoms with Crippen molar-refractivity contribution < 1.29 is 9.18 Å². The van der Waals surface area contributed by atoms with Gasteiger partial charge in [-0.2, -0.15) is 0 Å². The second-order valence-corrected chi connectivity index (χ2v) is 5.04. The Morgan fingerprint density at radius 2 is 1.89 bits per heavy atom. The van der Waals surface area contributed by atoms with Crippen LogP contribution in [0.4, 0.5) is 4.39 Å². The number of amides is 1. The van der Waals surface area contributed by atoms with Crippen LogP contribution >= 0.6 is 12.2 Å². The van der Waals surface area contributed by atoms with Crippen LogP contribution in [0.2, 0.25) is 0 Å². The number of nitrogens with zero attached hydrogens (tertiary/aromatic N) is 2. The Balaban J connectivity index is 1.96. The third kappa shape index (κ3) is 3.48. The van der Waals surface area contributed by atoms with Crippen LogP contribution in [0.5, 0.6) is 0 Å². The van der Waals surface area contributed by atoms with Crippen molar-refractivity contribution in [2.24, 2.45) is 5.73 Å².